The topological polar surface area (TPSA) is 18.5 Å². The minimum absolute atomic E-state index is 0.749. The smallest absolute Gasteiger partial charge is 0.209 e. The highest BCUT2D eigenvalue weighted by Crippen LogP contribution is 2.08. The quantitative estimate of drug-likeness (QED) is 0.513. The third kappa shape index (κ3) is 10.2. The maximum atomic E-state index is 5.27. The average molecular weight is 215 g/mol. The molecule has 0 aliphatic heterocycles. The summed E-state index contributed by atoms with van der Waals surface area (Å²) in [5, 5.41) is 0. The largest absolute Gasteiger partial charge is 0.348 e. The van der Waals surface area contributed by atoms with Crippen molar-refractivity contribution in [1.82, 2.24) is 0 Å². The highest BCUT2D eigenvalue weighted by atomic mass is 16.7. The Morgan fingerprint density at radius 2 is 1.27 bits per heavy atom. The van der Waals surface area contributed by atoms with Crippen molar-refractivity contribution in [2.24, 2.45) is 11.8 Å². The molecule has 0 fully saturated rings. The van der Waals surface area contributed by atoms with Crippen LogP contribution in [-0.2, 0) is 9.47 Å². The SMILES string of the molecule is CCC(C)CCO[CH]OCCC(C)CC. The van der Waals surface area contributed by atoms with E-state index >= 15 is 0 Å². The summed E-state index contributed by atoms with van der Waals surface area (Å²) < 4.78 is 10.5. The molecule has 0 aliphatic rings. The van der Waals surface area contributed by atoms with Gasteiger partial charge in [0, 0.05) is 0 Å². The highest BCUT2D eigenvalue weighted by molar-refractivity contribution is 4.50. The molecule has 0 rings (SSSR count). The second-order valence-corrected chi connectivity index (χ2v) is 4.44. The van der Waals surface area contributed by atoms with Crippen molar-refractivity contribution in [2.45, 2.75) is 53.4 Å². The van der Waals surface area contributed by atoms with Gasteiger partial charge in [-0.2, -0.15) is 0 Å². The van der Waals surface area contributed by atoms with Crippen molar-refractivity contribution < 1.29 is 9.47 Å². The Morgan fingerprint density at radius 1 is 0.867 bits per heavy atom. The molecule has 15 heavy (non-hydrogen) atoms. The maximum absolute atomic E-state index is 5.27. The molecule has 1 radical (unpaired) electrons. The van der Waals surface area contributed by atoms with Crippen LogP contribution < -0.4 is 0 Å². The third-order valence-electron chi connectivity index (χ3n) is 2.99. The predicted molar refractivity (Wildman–Crippen MR) is 64.3 cm³/mol. The van der Waals surface area contributed by atoms with Gasteiger partial charge in [0.1, 0.15) is 0 Å². The first-order valence-electron chi connectivity index (χ1n) is 6.25. The van der Waals surface area contributed by atoms with E-state index in [0.717, 1.165) is 37.9 Å². The first-order valence-corrected chi connectivity index (χ1v) is 6.25. The molecule has 0 spiro atoms. The van der Waals surface area contributed by atoms with Gasteiger partial charge in [-0.1, -0.05) is 40.5 Å². The summed E-state index contributed by atoms with van der Waals surface area (Å²) >= 11 is 0. The lowest BCUT2D eigenvalue weighted by atomic mass is 10.1. The van der Waals surface area contributed by atoms with E-state index in [1.54, 1.807) is 0 Å². The van der Waals surface area contributed by atoms with Crippen LogP contribution in [0.2, 0.25) is 0 Å². The van der Waals surface area contributed by atoms with E-state index < -0.39 is 0 Å². The monoisotopic (exact) mass is 215 g/mol. The summed E-state index contributed by atoms with van der Waals surface area (Å²) in [6, 6.07) is 0. The molecule has 0 saturated heterocycles. The van der Waals surface area contributed by atoms with Crippen LogP contribution in [0.3, 0.4) is 0 Å². The van der Waals surface area contributed by atoms with Crippen molar-refractivity contribution in [3.8, 4) is 0 Å². The zero-order valence-corrected chi connectivity index (χ0v) is 10.8. The molecule has 0 aliphatic carbocycles. The molecule has 0 amide bonds. The van der Waals surface area contributed by atoms with Gasteiger partial charge in [0.2, 0.25) is 6.79 Å². The predicted octanol–water partition coefficient (Wildman–Crippen LogP) is 4.01. The fraction of sp³-hybridized carbons (Fsp3) is 0.923. The van der Waals surface area contributed by atoms with Gasteiger partial charge in [-0.25, -0.2) is 0 Å². The minimum atomic E-state index is 0.749. The lowest BCUT2D eigenvalue weighted by Crippen LogP contribution is -2.03. The Labute approximate surface area is 95.3 Å². The van der Waals surface area contributed by atoms with Crippen LogP contribution >= 0.6 is 0 Å². The van der Waals surface area contributed by atoms with Crippen molar-refractivity contribution in [1.29, 1.82) is 0 Å². The van der Waals surface area contributed by atoms with Crippen LogP contribution in [-0.4, -0.2) is 13.2 Å². The van der Waals surface area contributed by atoms with Crippen LogP contribution in [0.25, 0.3) is 0 Å². The summed E-state index contributed by atoms with van der Waals surface area (Å²) in [4.78, 5) is 0. The Morgan fingerprint density at radius 3 is 1.60 bits per heavy atom. The molecule has 2 nitrogen and oxygen atoms in total. The first-order chi connectivity index (χ1) is 7.20. The Balaban J connectivity index is 3.05. The molecule has 0 N–H and O–H groups in total. The molecule has 0 aromatic rings. The second kappa shape index (κ2) is 10.4. The minimum Gasteiger partial charge on any atom is -0.348 e. The van der Waals surface area contributed by atoms with Crippen LogP contribution in [0.15, 0.2) is 0 Å². The van der Waals surface area contributed by atoms with E-state index in [9.17, 15) is 0 Å². The van der Waals surface area contributed by atoms with Crippen LogP contribution in [0, 0.1) is 18.6 Å². The van der Waals surface area contributed by atoms with Gasteiger partial charge in [-0.15, -0.1) is 0 Å². The Hall–Kier alpha value is -0.0800. The van der Waals surface area contributed by atoms with Crippen LogP contribution in [0.1, 0.15) is 53.4 Å². The van der Waals surface area contributed by atoms with Crippen LogP contribution in [0.5, 0.6) is 0 Å². The molecule has 2 atom stereocenters. The summed E-state index contributed by atoms with van der Waals surface area (Å²) in [5.74, 6) is 1.50. The third-order valence-corrected chi connectivity index (χ3v) is 2.99. The van der Waals surface area contributed by atoms with E-state index in [2.05, 4.69) is 27.7 Å². The summed E-state index contributed by atoms with van der Waals surface area (Å²) in [5.41, 5.74) is 0. The number of hydrogen-bond acceptors (Lipinski definition) is 2. The molecule has 0 heterocycles. The molecule has 2 heteroatoms. The van der Waals surface area contributed by atoms with E-state index in [4.69, 9.17) is 9.47 Å². The highest BCUT2D eigenvalue weighted by Gasteiger charge is 2.00. The fourth-order valence-corrected chi connectivity index (χ4v) is 1.09. The van der Waals surface area contributed by atoms with Crippen molar-refractivity contribution in [3.63, 3.8) is 0 Å². The van der Waals surface area contributed by atoms with Crippen LogP contribution in [0.4, 0.5) is 0 Å². The van der Waals surface area contributed by atoms with E-state index in [0.29, 0.717) is 0 Å². The van der Waals surface area contributed by atoms with Gasteiger partial charge >= 0.3 is 0 Å². The molecule has 91 valence electrons. The van der Waals surface area contributed by atoms with Crippen molar-refractivity contribution in [2.75, 3.05) is 13.2 Å². The zero-order chi connectivity index (χ0) is 11.5. The second-order valence-electron chi connectivity index (χ2n) is 4.44. The molecular weight excluding hydrogens is 188 g/mol. The Kier molecular flexibility index (Phi) is 10.4. The molecule has 2 unspecified atom stereocenters. The van der Waals surface area contributed by atoms with Gasteiger partial charge in [-0.05, 0) is 24.7 Å². The molecular formula is C13H27O2. The molecule has 0 aromatic carbocycles. The van der Waals surface area contributed by atoms with Gasteiger partial charge in [0.15, 0.2) is 0 Å². The molecule has 0 saturated carbocycles. The van der Waals surface area contributed by atoms with Crippen molar-refractivity contribution in [3.05, 3.63) is 6.79 Å². The van der Waals surface area contributed by atoms with Gasteiger partial charge in [0.05, 0.1) is 13.2 Å². The zero-order valence-electron chi connectivity index (χ0n) is 10.8. The van der Waals surface area contributed by atoms with Gasteiger partial charge in [-0.3, -0.25) is 0 Å². The number of hydrogen-bond donors (Lipinski definition) is 0. The lowest BCUT2D eigenvalue weighted by molar-refractivity contribution is 0.0123. The number of rotatable bonds is 10. The van der Waals surface area contributed by atoms with E-state index in [-0.39, 0.29) is 0 Å². The van der Waals surface area contributed by atoms with Gasteiger partial charge < -0.3 is 9.47 Å². The van der Waals surface area contributed by atoms with E-state index in [1.807, 2.05) is 0 Å². The first kappa shape index (κ1) is 14.9. The number of ether oxygens (including phenoxy) is 2. The normalized spacial score (nSPS) is 15.2. The fourth-order valence-electron chi connectivity index (χ4n) is 1.09. The summed E-state index contributed by atoms with van der Waals surface area (Å²) in [6.45, 7) is 12.0. The van der Waals surface area contributed by atoms with Crippen molar-refractivity contribution >= 4 is 0 Å². The summed E-state index contributed by atoms with van der Waals surface area (Å²) in [6.07, 6.45) is 4.67. The molecule has 0 aromatic heterocycles. The van der Waals surface area contributed by atoms with Gasteiger partial charge in [0.25, 0.3) is 0 Å². The summed E-state index contributed by atoms with van der Waals surface area (Å²) in [7, 11) is 0. The standard InChI is InChI=1S/C13H27O2/c1-5-12(3)7-9-14-11-15-10-8-13(4)6-2/h11-13H,5-10H2,1-4H3. The lowest BCUT2D eigenvalue weighted by Gasteiger charge is -2.10. The Bertz CT molecular complexity index is 112. The maximum Gasteiger partial charge on any atom is 0.209 e. The average Bonchev–Trinajstić information content (AvgIpc) is 2.26. The van der Waals surface area contributed by atoms with E-state index in [1.165, 1.54) is 19.6 Å². The molecule has 0 bridgehead atoms.